The second-order valence-corrected chi connectivity index (χ2v) is 4.88. The summed E-state index contributed by atoms with van der Waals surface area (Å²) in [7, 11) is 0. The zero-order chi connectivity index (χ0) is 12.3. The minimum Gasteiger partial charge on any atom is -0.335 e. The van der Waals surface area contributed by atoms with Gasteiger partial charge in [0.05, 0.1) is 5.69 Å². The minimum atomic E-state index is 0.104. The number of piperazine rings is 1. The Bertz CT molecular complexity index is 385. The van der Waals surface area contributed by atoms with Crippen molar-refractivity contribution in [3.05, 3.63) is 10.6 Å². The van der Waals surface area contributed by atoms with E-state index in [9.17, 15) is 4.79 Å². The molecule has 1 amide bonds. The summed E-state index contributed by atoms with van der Waals surface area (Å²) in [6.07, 6.45) is 0.770. The third-order valence-corrected chi connectivity index (χ3v) is 3.95. The molecule has 1 aromatic heterocycles. The van der Waals surface area contributed by atoms with Crippen LogP contribution in [0.15, 0.2) is 0 Å². The van der Waals surface area contributed by atoms with Crippen molar-refractivity contribution in [1.29, 1.82) is 0 Å². The number of carbonyl (C=O) groups excluding carboxylic acids is 1. The highest BCUT2D eigenvalue weighted by Gasteiger charge is 2.24. The van der Waals surface area contributed by atoms with E-state index >= 15 is 0 Å². The number of rotatable bonds is 3. The molecule has 2 rings (SSSR count). The molecule has 0 N–H and O–H groups in total. The van der Waals surface area contributed by atoms with Gasteiger partial charge in [-0.05, 0) is 24.5 Å². The third kappa shape index (κ3) is 2.63. The van der Waals surface area contributed by atoms with Crippen LogP contribution in [0.25, 0.3) is 0 Å². The van der Waals surface area contributed by atoms with Gasteiger partial charge in [-0.2, -0.15) is 0 Å². The largest absolute Gasteiger partial charge is 0.335 e. The normalized spacial score (nSPS) is 17.4. The molecule has 94 valence electrons. The Labute approximate surface area is 106 Å². The van der Waals surface area contributed by atoms with E-state index in [2.05, 4.69) is 21.4 Å². The second kappa shape index (κ2) is 5.55. The summed E-state index contributed by atoms with van der Waals surface area (Å²) in [6, 6.07) is 0. The van der Waals surface area contributed by atoms with Crippen LogP contribution in [0.2, 0.25) is 0 Å². The first-order valence-corrected chi connectivity index (χ1v) is 6.86. The minimum absolute atomic E-state index is 0.104. The van der Waals surface area contributed by atoms with E-state index in [1.165, 1.54) is 11.5 Å². The molecule has 1 saturated heterocycles. The van der Waals surface area contributed by atoms with Crippen LogP contribution in [0.4, 0.5) is 0 Å². The van der Waals surface area contributed by atoms with Crippen LogP contribution in [-0.4, -0.2) is 58.0 Å². The summed E-state index contributed by atoms with van der Waals surface area (Å²) in [5.74, 6) is 0.104. The fourth-order valence-electron chi connectivity index (χ4n) is 2.01. The maximum absolute atomic E-state index is 12.3. The number of hydrogen-bond donors (Lipinski definition) is 0. The van der Waals surface area contributed by atoms with Crippen molar-refractivity contribution in [1.82, 2.24) is 19.4 Å². The fraction of sp³-hybridized carbons (Fsp3) is 0.727. The molecule has 1 fully saturated rings. The Kier molecular flexibility index (Phi) is 4.06. The van der Waals surface area contributed by atoms with E-state index in [0.29, 0.717) is 0 Å². The van der Waals surface area contributed by atoms with Crippen molar-refractivity contribution >= 4 is 17.4 Å². The highest BCUT2D eigenvalue weighted by molar-refractivity contribution is 7.08. The lowest BCUT2D eigenvalue weighted by molar-refractivity contribution is 0.0647. The Hall–Kier alpha value is -1.01. The number of amides is 1. The molecule has 1 aliphatic heterocycles. The number of likely N-dealkylation sites (N-methyl/N-ethyl adjacent to an activating group) is 1. The van der Waals surface area contributed by atoms with Crippen molar-refractivity contribution in [2.75, 3.05) is 32.7 Å². The molecule has 0 atom stereocenters. The molecule has 0 radical (unpaired) electrons. The molecule has 0 aromatic carbocycles. The van der Waals surface area contributed by atoms with E-state index in [4.69, 9.17) is 0 Å². The Morgan fingerprint density at radius 1 is 1.29 bits per heavy atom. The molecular weight excluding hydrogens is 236 g/mol. The van der Waals surface area contributed by atoms with E-state index < -0.39 is 0 Å². The van der Waals surface area contributed by atoms with Crippen molar-refractivity contribution in [2.45, 2.75) is 20.3 Å². The molecule has 6 heteroatoms. The molecule has 1 aromatic rings. The predicted octanol–water partition coefficient (Wildman–Crippen LogP) is 0.878. The van der Waals surface area contributed by atoms with Crippen LogP contribution in [0.5, 0.6) is 0 Å². The van der Waals surface area contributed by atoms with Crippen LogP contribution >= 0.6 is 11.5 Å². The Morgan fingerprint density at radius 2 is 2.00 bits per heavy atom. The molecule has 0 unspecified atom stereocenters. The van der Waals surface area contributed by atoms with Gasteiger partial charge in [0, 0.05) is 26.2 Å². The topological polar surface area (TPSA) is 49.3 Å². The highest BCUT2D eigenvalue weighted by Crippen LogP contribution is 2.15. The van der Waals surface area contributed by atoms with Gasteiger partial charge in [0.1, 0.15) is 4.88 Å². The van der Waals surface area contributed by atoms with Gasteiger partial charge in [0.2, 0.25) is 0 Å². The molecule has 0 bridgehead atoms. The van der Waals surface area contributed by atoms with E-state index in [1.54, 1.807) is 0 Å². The van der Waals surface area contributed by atoms with Crippen LogP contribution in [0, 0.1) is 0 Å². The monoisotopic (exact) mass is 254 g/mol. The summed E-state index contributed by atoms with van der Waals surface area (Å²) < 4.78 is 3.87. The highest BCUT2D eigenvalue weighted by atomic mass is 32.1. The van der Waals surface area contributed by atoms with Gasteiger partial charge in [-0.15, -0.1) is 5.10 Å². The predicted molar refractivity (Wildman–Crippen MR) is 67.3 cm³/mol. The summed E-state index contributed by atoms with van der Waals surface area (Å²) in [4.78, 5) is 17.3. The van der Waals surface area contributed by atoms with Crippen molar-refractivity contribution in [2.24, 2.45) is 0 Å². The van der Waals surface area contributed by atoms with Gasteiger partial charge in [0.15, 0.2) is 0 Å². The Balaban J connectivity index is 2.02. The van der Waals surface area contributed by atoms with E-state index in [0.717, 1.165) is 49.7 Å². The zero-order valence-electron chi connectivity index (χ0n) is 10.3. The van der Waals surface area contributed by atoms with E-state index in [-0.39, 0.29) is 5.91 Å². The van der Waals surface area contributed by atoms with E-state index in [1.807, 2.05) is 11.8 Å². The van der Waals surface area contributed by atoms with Gasteiger partial charge in [-0.3, -0.25) is 4.79 Å². The third-order valence-electron chi connectivity index (χ3n) is 3.19. The van der Waals surface area contributed by atoms with Crippen molar-refractivity contribution < 1.29 is 4.79 Å². The number of hydrogen-bond acceptors (Lipinski definition) is 5. The fourth-order valence-corrected chi connectivity index (χ4v) is 2.73. The number of aromatic nitrogens is 2. The van der Waals surface area contributed by atoms with Crippen LogP contribution < -0.4 is 0 Å². The summed E-state index contributed by atoms with van der Waals surface area (Å²) in [5.41, 5.74) is 0.831. The summed E-state index contributed by atoms with van der Waals surface area (Å²) in [5, 5.41) is 3.99. The number of aryl methyl sites for hydroxylation is 1. The lowest BCUT2D eigenvalue weighted by Gasteiger charge is -2.33. The first kappa shape index (κ1) is 12.4. The SMILES string of the molecule is CCc1nnsc1C(=O)N1CCN(CC)CC1. The number of carbonyl (C=O) groups is 1. The lowest BCUT2D eigenvalue weighted by atomic mass is 10.2. The van der Waals surface area contributed by atoms with Crippen molar-refractivity contribution in [3.8, 4) is 0 Å². The zero-order valence-corrected chi connectivity index (χ0v) is 11.2. The molecule has 0 spiro atoms. The maximum Gasteiger partial charge on any atom is 0.267 e. The smallest absolute Gasteiger partial charge is 0.267 e. The molecule has 17 heavy (non-hydrogen) atoms. The molecular formula is C11H18N4OS. The second-order valence-electron chi connectivity index (χ2n) is 4.13. The molecule has 0 aliphatic carbocycles. The molecule has 0 saturated carbocycles. The average Bonchev–Trinajstić information content (AvgIpc) is 2.86. The average molecular weight is 254 g/mol. The van der Waals surface area contributed by atoms with Gasteiger partial charge in [0.25, 0.3) is 5.91 Å². The molecule has 1 aliphatic rings. The van der Waals surface area contributed by atoms with Crippen molar-refractivity contribution in [3.63, 3.8) is 0 Å². The standard InChI is InChI=1S/C11H18N4OS/c1-3-9-10(17-13-12-9)11(16)15-7-5-14(4-2)6-8-15/h3-8H2,1-2H3. The van der Waals surface area contributed by atoms with Crippen LogP contribution in [-0.2, 0) is 6.42 Å². The van der Waals surface area contributed by atoms with Gasteiger partial charge >= 0.3 is 0 Å². The van der Waals surface area contributed by atoms with Gasteiger partial charge in [-0.1, -0.05) is 18.3 Å². The molecule has 5 nitrogen and oxygen atoms in total. The summed E-state index contributed by atoms with van der Waals surface area (Å²) in [6.45, 7) is 8.78. The first-order chi connectivity index (χ1) is 8.26. The van der Waals surface area contributed by atoms with Gasteiger partial charge < -0.3 is 9.80 Å². The van der Waals surface area contributed by atoms with Crippen LogP contribution in [0.1, 0.15) is 29.2 Å². The van der Waals surface area contributed by atoms with Crippen LogP contribution in [0.3, 0.4) is 0 Å². The lowest BCUT2D eigenvalue weighted by Crippen LogP contribution is -2.48. The summed E-state index contributed by atoms with van der Waals surface area (Å²) >= 11 is 1.22. The number of nitrogens with zero attached hydrogens (tertiary/aromatic N) is 4. The first-order valence-electron chi connectivity index (χ1n) is 6.09. The van der Waals surface area contributed by atoms with Gasteiger partial charge in [-0.25, -0.2) is 0 Å². The Morgan fingerprint density at radius 3 is 2.59 bits per heavy atom. The quantitative estimate of drug-likeness (QED) is 0.803. The maximum atomic E-state index is 12.3. The molecule has 2 heterocycles.